The second kappa shape index (κ2) is 6.69. The molecule has 0 aromatic heterocycles. The average Bonchev–Trinajstić information content (AvgIpc) is 2.98. The van der Waals surface area contributed by atoms with Gasteiger partial charge in [-0.25, -0.2) is 9.18 Å². The van der Waals surface area contributed by atoms with Crippen LogP contribution >= 0.6 is 0 Å². The van der Waals surface area contributed by atoms with Gasteiger partial charge in [-0.05, 0) is 47.7 Å². The number of methoxy groups -OCH3 is 1. The summed E-state index contributed by atoms with van der Waals surface area (Å²) in [5.74, 6) is 0.591. The Morgan fingerprint density at radius 3 is 2.78 bits per heavy atom. The number of nitrogens with one attached hydrogen (secondary N) is 2. The Hall–Kier alpha value is -2.56. The number of carbonyl (C=O) groups is 1. The Morgan fingerprint density at radius 1 is 1.26 bits per heavy atom. The zero-order valence-corrected chi connectivity index (χ0v) is 12.9. The topological polar surface area (TPSA) is 50.4 Å². The number of amides is 2. The molecule has 0 saturated heterocycles. The van der Waals surface area contributed by atoms with Crippen LogP contribution in [-0.4, -0.2) is 13.1 Å². The smallest absolute Gasteiger partial charge is 0.315 e. The van der Waals surface area contributed by atoms with Gasteiger partial charge in [0.05, 0.1) is 13.2 Å². The molecule has 2 aromatic carbocycles. The van der Waals surface area contributed by atoms with E-state index in [0.29, 0.717) is 18.5 Å². The Kier molecular flexibility index (Phi) is 4.46. The van der Waals surface area contributed by atoms with E-state index in [0.717, 1.165) is 23.3 Å². The van der Waals surface area contributed by atoms with Crippen molar-refractivity contribution in [1.29, 1.82) is 0 Å². The van der Waals surface area contributed by atoms with Crippen LogP contribution in [0.3, 0.4) is 0 Å². The van der Waals surface area contributed by atoms with Crippen molar-refractivity contribution in [1.82, 2.24) is 10.6 Å². The Labute approximate surface area is 134 Å². The normalized spacial score (nSPS) is 15.8. The van der Waals surface area contributed by atoms with Crippen LogP contribution in [0.4, 0.5) is 9.18 Å². The summed E-state index contributed by atoms with van der Waals surface area (Å²) >= 11 is 0. The summed E-state index contributed by atoms with van der Waals surface area (Å²) < 4.78 is 18.8. The van der Waals surface area contributed by atoms with Crippen LogP contribution in [0.2, 0.25) is 0 Å². The summed E-state index contributed by atoms with van der Waals surface area (Å²) in [6, 6.07) is 12.2. The van der Waals surface area contributed by atoms with Gasteiger partial charge in [-0.1, -0.05) is 24.3 Å². The highest BCUT2D eigenvalue weighted by molar-refractivity contribution is 5.74. The highest BCUT2D eigenvalue weighted by Crippen LogP contribution is 2.32. The summed E-state index contributed by atoms with van der Waals surface area (Å²) in [4.78, 5) is 12.0. The third kappa shape index (κ3) is 3.44. The van der Waals surface area contributed by atoms with E-state index in [1.807, 2.05) is 30.3 Å². The fourth-order valence-electron chi connectivity index (χ4n) is 2.89. The predicted octanol–water partition coefficient (Wildman–Crippen LogP) is 3.32. The first kappa shape index (κ1) is 15.3. The van der Waals surface area contributed by atoms with Crippen LogP contribution in [0.25, 0.3) is 0 Å². The minimum atomic E-state index is -0.247. The molecule has 0 radical (unpaired) electrons. The average molecular weight is 314 g/mol. The quantitative estimate of drug-likeness (QED) is 0.909. The molecule has 1 unspecified atom stereocenters. The Balaban J connectivity index is 1.55. The number of hydrogen-bond donors (Lipinski definition) is 2. The van der Waals surface area contributed by atoms with Crippen molar-refractivity contribution < 1.29 is 13.9 Å². The van der Waals surface area contributed by atoms with Crippen molar-refractivity contribution in [3.05, 3.63) is 65.0 Å². The molecule has 5 heteroatoms. The lowest BCUT2D eigenvalue weighted by Gasteiger charge is -2.15. The van der Waals surface area contributed by atoms with Crippen molar-refractivity contribution >= 4 is 6.03 Å². The zero-order chi connectivity index (χ0) is 16.2. The van der Waals surface area contributed by atoms with Gasteiger partial charge in [-0.2, -0.15) is 0 Å². The first-order chi connectivity index (χ1) is 11.2. The second-order valence-corrected chi connectivity index (χ2v) is 5.57. The number of halogens is 1. The van der Waals surface area contributed by atoms with Crippen LogP contribution in [0.15, 0.2) is 42.5 Å². The number of urea groups is 1. The van der Waals surface area contributed by atoms with Crippen LogP contribution in [0.5, 0.6) is 5.75 Å². The molecule has 4 nitrogen and oxygen atoms in total. The molecular formula is C18H19FN2O2. The van der Waals surface area contributed by atoms with Gasteiger partial charge in [-0.3, -0.25) is 0 Å². The first-order valence-electron chi connectivity index (χ1n) is 7.62. The minimum absolute atomic E-state index is 0.128. The van der Waals surface area contributed by atoms with Gasteiger partial charge in [-0.15, -0.1) is 0 Å². The number of benzene rings is 2. The Bertz CT molecular complexity index is 701. The molecule has 0 spiro atoms. The molecule has 0 bridgehead atoms. The standard InChI is InChI=1S/C18H19FN2O2/c1-23-13-7-5-12(6-8-13)11-20-18(22)21-17-10-9-14-15(17)3-2-4-16(14)19/h2-8,17H,9-11H2,1H3,(H2,20,21,22). The molecule has 3 rings (SSSR count). The molecule has 23 heavy (non-hydrogen) atoms. The van der Waals surface area contributed by atoms with E-state index in [1.54, 1.807) is 13.2 Å². The van der Waals surface area contributed by atoms with Crippen molar-refractivity contribution in [2.24, 2.45) is 0 Å². The number of hydrogen-bond acceptors (Lipinski definition) is 2. The first-order valence-corrected chi connectivity index (χ1v) is 7.62. The summed E-state index contributed by atoms with van der Waals surface area (Å²) in [6.45, 7) is 0.429. The zero-order valence-electron chi connectivity index (χ0n) is 12.9. The number of carbonyl (C=O) groups excluding carboxylic acids is 1. The molecule has 120 valence electrons. The van der Waals surface area contributed by atoms with Crippen molar-refractivity contribution in [3.63, 3.8) is 0 Å². The summed E-state index contributed by atoms with van der Waals surface area (Å²) in [5.41, 5.74) is 2.58. The molecule has 1 atom stereocenters. The molecule has 0 saturated carbocycles. The van der Waals surface area contributed by atoms with E-state index in [4.69, 9.17) is 4.74 Å². The van der Waals surface area contributed by atoms with E-state index < -0.39 is 0 Å². The predicted molar refractivity (Wildman–Crippen MR) is 85.8 cm³/mol. The van der Waals surface area contributed by atoms with Gasteiger partial charge in [0.2, 0.25) is 0 Å². The number of fused-ring (bicyclic) bond motifs is 1. The van der Waals surface area contributed by atoms with Crippen LogP contribution < -0.4 is 15.4 Å². The minimum Gasteiger partial charge on any atom is -0.497 e. The highest BCUT2D eigenvalue weighted by atomic mass is 19.1. The molecule has 1 aliphatic rings. The van der Waals surface area contributed by atoms with Crippen molar-refractivity contribution in [2.45, 2.75) is 25.4 Å². The lowest BCUT2D eigenvalue weighted by atomic mass is 10.1. The largest absolute Gasteiger partial charge is 0.497 e. The number of rotatable bonds is 4. The van der Waals surface area contributed by atoms with Crippen LogP contribution in [0, 0.1) is 5.82 Å². The molecular weight excluding hydrogens is 295 g/mol. The van der Waals surface area contributed by atoms with Gasteiger partial charge in [0.15, 0.2) is 0 Å². The van der Waals surface area contributed by atoms with Gasteiger partial charge in [0, 0.05) is 6.54 Å². The van der Waals surface area contributed by atoms with Crippen molar-refractivity contribution in [3.8, 4) is 5.75 Å². The van der Waals surface area contributed by atoms with Crippen molar-refractivity contribution in [2.75, 3.05) is 7.11 Å². The van der Waals surface area contributed by atoms with Crippen LogP contribution in [0.1, 0.15) is 29.2 Å². The number of ether oxygens (including phenoxy) is 1. The van der Waals surface area contributed by atoms with E-state index >= 15 is 0 Å². The fourth-order valence-corrected chi connectivity index (χ4v) is 2.89. The maximum absolute atomic E-state index is 13.7. The van der Waals surface area contributed by atoms with Crippen LogP contribution in [-0.2, 0) is 13.0 Å². The maximum atomic E-state index is 13.7. The monoisotopic (exact) mass is 314 g/mol. The maximum Gasteiger partial charge on any atom is 0.315 e. The third-order valence-electron chi connectivity index (χ3n) is 4.13. The molecule has 0 heterocycles. The van der Waals surface area contributed by atoms with E-state index in [9.17, 15) is 9.18 Å². The molecule has 2 aromatic rings. The lowest BCUT2D eigenvalue weighted by Crippen LogP contribution is -2.36. The third-order valence-corrected chi connectivity index (χ3v) is 4.13. The second-order valence-electron chi connectivity index (χ2n) is 5.57. The highest BCUT2D eigenvalue weighted by Gasteiger charge is 2.25. The molecule has 0 aliphatic heterocycles. The molecule has 0 fully saturated rings. The SMILES string of the molecule is COc1ccc(CNC(=O)NC2CCc3c(F)cccc32)cc1. The molecule has 2 amide bonds. The Morgan fingerprint density at radius 2 is 2.04 bits per heavy atom. The fraction of sp³-hybridized carbons (Fsp3) is 0.278. The molecule has 2 N–H and O–H groups in total. The summed E-state index contributed by atoms with van der Waals surface area (Å²) in [7, 11) is 1.61. The van der Waals surface area contributed by atoms with Gasteiger partial charge in [0.25, 0.3) is 0 Å². The van der Waals surface area contributed by atoms with E-state index in [1.165, 1.54) is 6.07 Å². The molecule has 1 aliphatic carbocycles. The lowest BCUT2D eigenvalue weighted by molar-refractivity contribution is 0.236. The van der Waals surface area contributed by atoms with E-state index in [2.05, 4.69) is 10.6 Å². The van der Waals surface area contributed by atoms with Gasteiger partial charge < -0.3 is 15.4 Å². The van der Waals surface area contributed by atoms with Gasteiger partial charge in [0.1, 0.15) is 11.6 Å². The summed E-state index contributed by atoms with van der Waals surface area (Å²) in [6.07, 6.45) is 1.39. The summed E-state index contributed by atoms with van der Waals surface area (Å²) in [5, 5.41) is 5.74. The van der Waals surface area contributed by atoms with Gasteiger partial charge >= 0.3 is 6.03 Å². The van der Waals surface area contributed by atoms with E-state index in [-0.39, 0.29) is 17.9 Å².